The second kappa shape index (κ2) is 6.20. The first kappa shape index (κ1) is 13.9. The summed E-state index contributed by atoms with van der Waals surface area (Å²) in [6.07, 6.45) is 3.02. The van der Waals surface area contributed by atoms with E-state index in [9.17, 15) is 0 Å². The lowest BCUT2D eigenvalue weighted by atomic mass is 10.0. The molecule has 0 bridgehead atoms. The van der Waals surface area contributed by atoms with Gasteiger partial charge >= 0.3 is 0 Å². The van der Waals surface area contributed by atoms with Crippen LogP contribution in [-0.2, 0) is 15.9 Å². The Labute approximate surface area is 130 Å². The zero-order chi connectivity index (χ0) is 14.8. The Balaban J connectivity index is 1.58. The maximum Gasteiger partial charge on any atom is 0.0985 e. The van der Waals surface area contributed by atoms with E-state index in [0.717, 1.165) is 51.6 Å². The van der Waals surface area contributed by atoms with Gasteiger partial charge < -0.3 is 9.47 Å². The summed E-state index contributed by atoms with van der Waals surface area (Å²) in [6.45, 7) is 5.31. The van der Waals surface area contributed by atoms with Crippen molar-refractivity contribution < 1.29 is 9.47 Å². The maximum absolute atomic E-state index is 6.02. The third-order valence-electron chi connectivity index (χ3n) is 4.43. The molecule has 0 saturated carbocycles. The Kier molecular flexibility index (Phi) is 3.93. The molecular formula is C17H21N3O2. The first-order valence-corrected chi connectivity index (χ1v) is 7.96. The number of morpholine rings is 1. The van der Waals surface area contributed by atoms with Crippen molar-refractivity contribution in [3.8, 4) is 5.69 Å². The van der Waals surface area contributed by atoms with Gasteiger partial charge in [-0.25, -0.2) is 4.68 Å². The summed E-state index contributed by atoms with van der Waals surface area (Å²) >= 11 is 0. The van der Waals surface area contributed by atoms with Crippen molar-refractivity contribution in [2.45, 2.75) is 12.5 Å². The minimum atomic E-state index is 0.124. The molecule has 5 heteroatoms. The van der Waals surface area contributed by atoms with Gasteiger partial charge in [-0.05, 0) is 12.1 Å². The fraction of sp³-hybridized carbons (Fsp3) is 0.471. The van der Waals surface area contributed by atoms with Crippen molar-refractivity contribution in [2.24, 2.45) is 0 Å². The molecule has 3 heterocycles. The molecule has 0 amide bonds. The lowest BCUT2D eigenvalue weighted by Crippen LogP contribution is -2.40. The van der Waals surface area contributed by atoms with Crippen LogP contribution in [0, 0.1) is 0 Å². The first-order valence-electron chi connectivity index (χ1n) is 7.96. The van der Waals surface area contributed by atoms with Gasteiger partial charge in [-0.1, -0.05) is 18.2 Å². The Bertz CT molecular complexity index is 620. The average Bonchev–Trinajstić information content (AvgIpc) is 3.02. The second-order valence-electron chi connectivity index (χ2n) is 5.82. The average molecular weight is 299 g/mol. The summed E-state index contributed by atoms with van der Waals surface area (Å²) in [5.74, 6) is 0. The summed E-state index contributed by atoms with van der Waals surface area (Å²) in [7, 11) is 0. The monoisotopic (exact) mass is 299 g/mol. The summed E-state index contributed by atoms with van der Waals surface area (Å²) in [5, 5.41) is 4.60. The molecule has 5 nitrogen and oxygen atoms in total. The van der Waals surface area contributed by atoms with Crippen LogP contribution in [0.4, 0.5) is 0 Å². The largest absolute Gasteiger partial charge is 0.379 e. The van der Waals surface area contributed by atoms with Crippen LogP contribution >= 0.6 is 0 Å². The fourth-order valence-electron chi connectivity index (χ4n) is 3.25. The number of hydrogen-bond donors (Lipinski definition) is 0. The summed E-state index contributed by atoms with van der Waals surface area (Å²) in [4.78, 5) is 2.42. The lowest BCUT2D eigenvalue weighted by Gasteiger charge is -2.32. The van der Waals surface area contributed by atoms with E-state index in [1.807, 2.05) is 24.4 Å². The third kappa shape index (κ3) is 2.67. The predicted octanol–water partition coefficient (Wildman–Crippen LogP) is 1.82. The number of aromatic nitrogens is 2. The molecule has 2 aliphatic rings. The Morgan fingerprint density at radius 2 is 1.91 bits per heavy atom. The van der Waals surface area contributed by atoms with Gasteiger partial charge in [0.25, 0.3) is 0 Å². The lowest BCUT2D eigenvalue weighted by molar-refractivity contribution is -0.0183. The molecule has 0 spiro atoms. The van der Waals surface area contributed by atoms with Gasteiger partial charge in [-0.15, -0.1) is 0 Å². The van der Waals surface area contributed by atoms with E-state index < -0.39 is 0 Å². The second-order valence-corrected chi connectivity index (χ2v) is 5.82. The van der Waals surface area contributed by atoms with Gasteiger partial charge in [0.2, 0.25) is 0 Å². The van der Waals surface area contributed by atoms with Crippen molar-refractivity contribution in [3.63, 3.8) is 0 Å². The number of nitrogens with zero attached hydrogens (tertiary/aromatic N) is 3. The standard InChI is InChI=1S/C17H21N3O2/c1-2-4-14(5-3-1)20-16-6-9-22-17(15(16)12-18-20)13-19-7-10-21-11-8-19/h1-5,12,17H,6-11,13H2. The zero-order valence-electron chi connectivity index (χ0n) is 12.6. The van der Waals surface area contributed by atoms with Crippen molar-refractivity contribution in [1.82, 2.24) is 14.7 Å². The first-order chi connectivity index (χ1) is 10.9. The van der Waals surface area contributed by atoms with E-state index in [4.69, 9.17) is 9.47 Å². The molecule has 116 valence electrons. The minimum absolute atomic E-state index is 0.124. The SMILES string of the molecule is c1ccc(-n2ncc3c2CCOC3CN2CCOCC2)cc1. The van der Waals surface area contributed by atoms with Crippen LogP contribution in [-0.4, -0.2) is 54.1 Å². The van der Waals surface area contributed by atoms with E-state index in [1.54, 1.807) is 0 Å². The Morgan fingerprint density at radius 1 is 1.09 bits per heavy atom. The number of rotatable bonds is 3. The molecule has 0 aliphatic carbocycles. The molecule has 1 aromatic carbocycles. The van der Waals surface area contributed by atoms with Crippen LogP contribution < -0.4 is 0 Å². The molecule has 1 aromatic heterocycles. The Hall–Kier alpha value is -1.69. The van der Waals surface area contributed by atoms with Crippen LogP contribution in [0.2, 0.25) is 0 Å². The van der Waals surface area contributed by atoms with Gasteiger partial charge in [0.1, 0.15) is 0 Å². The van der Waals surface area contributed by atoms with Gasteiger partial charge in [-0.2, -0.15) is 5.10 Å². The molecule has 4 rings (SSSR count). The number of benzene rings is 1. The highest BCUT2D eigenvalue weighted by Gasteiger charge is 2.27. The molecule has 1 unspecified atom stereocenters. The normalized spacial score (nSPS) is 22.5. The molecule has 1 fully saturated rings. The van der Waals surface area contributed by atoms with Crippen molar-refractivity contribution >= 4 is 0 Å². The fourth-order valence-corrected chi connectivity index (χ4v) is 3.25. The van der Waals surface area contributed by atoms with Crippen molar-refractivity contribution in [1.29, 1.82) is 0 Å². The maximum atomic E-state index is 6.02. The molecule has 1 atom stereocenters. The van der Waals surface area contributed by atoms with E-state index in [0.29, 0.717) is 0 Å². The topological polar surface area (TPSA) is 39.5 Å². The van der Waals surface area contributed by atoms with E-state index in [1.165, 1.54) is 11.3 Å². The van der Waals surface area contributed by atoms with Crippen LogP contribution in [0.1, 0.15) is 17.4 Å². The van der Waals surface area contributed by atoms with Crippen LogP contribution in [0.3, 0.4) is 0 Å². The molecule has 1 saturated heterocycles. The summed E-state index contributed by atoms with van der Waals surface area (Å²) < 4.78 is 13.5. The van der Waals surface area contributed by atoms with Gasteiger partial charge in [0.05, 0.1) is 43.5 Å². The van der Waals surface area contributed by atoms with Crippen LogP contribution in [0.5, 0.6) is 0 Å². The number of hydrogen-bond acceptors (Lipinski definition) is 4. The van der Waals surface area contributed by atoms with E-state index >= 15 is 0 Å². The summed E-state index contributed by atoms with van der Waals surface area (Å²) in [5.41, 5.74) is 3.65. The van der Waals surface area contributed by atoms with E-state index in [-0.39, 0.29) is 6.10 Å². The molecule has 2 aromatic rings. The highest BCUT2D eigenvalue weighted by atomic mass is 16.5. The molecule has 2 aliphatic heterocycles. The third-order valence-corrected chi connectivity index (χ3v) is 4.43. The van der Waals surface area contributed by atoms with Crippen LogP contribution in [0.15, 0.2) is 36.5 Å². The summed E-state index contributed by atoms with van der Waals surface area (Å²) in [6, 6.07) is 10.3. The Morgan fingerprint density at radius 3 is 2.73 bits per heavy atom. The highest BCUT2D eigenvalue weighted by Crippen LogP contribution is 2.29. The molecular weight excluding hydrogens is 278 g/mol. The van der Waals surface area contributed by atoms with Crippen LogP contribution in [0.25, 0.3) is 5.69 Å². The van der Waals surface area contributed by atoms with Gasteiger partial charge in [-0.3, -0.25) is 4.90 Å². The predicted molar refractivity (Wildman–Crippen MR) is 83.2 cm³/mol. The number of ether oxygens (including phenoxy) is 2. The van der Waals surface area contributed by atoms with E-state index in [2.05, 4.69) is 26.8 Å². The van der Waals surface area contributed by atoms with Gasteiger partial charge in [0.15, 0.2) is 0 Å². The van der Waals surface area contributed by atoms with Crippen molar-refractivity contribution in [2.75, 3.05) is 39.5 Å². The number of fused-ring (bicyclic) bond motifs is 1. The smallest absolute Gasteiger partial charge is 0.0985 e. The van der Waals surface area contributed by atoms with Crippen molar-refractivity contribution in [3.05, 3.63) is 47.8 Å². The highest BCUT2D eigenvalue weighted by molar-refractivity contribution is 5.36. The molecule has 0 radical (unpaired) electrons. The molecule has 0 N–H and O–H groups in total. The molecule has 22 heavy (non-hydrogen) atoms. The zero-order valence-corrected chi connectivity index (χ0v) is 12.6. The quantitative estimate of drug-likeness (QED) is 0.867. The minimum Gasteiger partial charge on any atom is -0.379 e. The van der Waals surface area contributed by atoms with Gasteiger partial charge in [0, 0.05) is 31.6 Å². The number of para-hydroxylation sites is 1.